The Bertz CT molecular complexity index is 313. The van der Waals surface area contributed by atoms with Gasteiger partial charge in [0.1, 0.15) is 5.82 Å². The molecule has 0 aliphatic carbocycles. The number of aryl methyl sites for hydroxylation is 1. The van der Waals surface area contributed by atoms with Gasteiger partial charge in [-0.15, -0.1) is 0 Å². The van der Waals surface area contributed by atoms with Crippen LogP contribution in [0.3, 0.4) is 0 Å². The molecule has 1 aromatic rings. The Morgan fingerprint density at radius 2 is 1.94 bits per heavy atom. The zero-order valence-electron chi connectivity index (χ0n) is 10.1. The van der Waals surface area contributed by atoms with E-state index in [2.05, 4.69) is 10.6 Å². The first-order chi connectivity index (χ1) is 7.74. The van der Waals surface area contributed by atoms with Crippen LogP contribution in [0.25, 0.3) is 0 Å². The molecule has 0 aromatic heterocycles. The minimum atomic E-state index is -0.127. The number of hydrogen-bond donors (Lipinski definition) is 2. The standard InChI is InChI=1S/C13H21FN2/c1-11-9-12(5-6-13(11)14)10-16-8-4-3-7-15-2/h5-6,9,15-16H,3-4,7-8,10H2,1-2H3. The third kappa shape index (κ3) is 4.73. The molecule has 16 heavy (non-hydrogen) atoms. The van der Waals surface area contributed by atoms with Crippen LogP contribution in [-0.4, -0.2) is 20.1 Å². The highest BCUT2D eigenvalue weighted by Crippen LogP contribution is 2.08. The molecule has 2 N–H and O–H groups in total. The van der Waals surface area contributed by atoms with Gasteiger partial charge in [-0.25, -0.2) is 4.39 Å². The SMILES string of the molecule is CNCCCCNCc1ccc(F)c(C)c1. The maximum absolute atomic E-state index is 13.0. The highest BCUT2D eigenvalue weighted by atomic mass is 19.1. The molecule has 0 radical (unpaired) electrons. The highest BCUT2D eigenvalue weighted by molar-refractivity contribution is 5.23. The van der Waals surface area contributed by atoms with Crippen LogP contribution in [0.1, 0.15) is 24.0 Å². The van der Waals surface area contributed by atoms with Crippen molar-refractivity contribution in [3.63, 3.8) is 0 Å². The summed E-state index contributed by atoms with van der Waals surface area (Å²) >= 11 is 0. The van der Waals surface area contributed by atoms with E-state index >= 15 is 0 Å². The Hall–Kier alpha value is -0.930. The van der Waals surface area contributed by atoms with Gasteiger partial charge in [0.25, 0.3) is 0 Å². The molecule has 0 saturated carbocycles. The van der Waals surface area contributed by atoms with E-state index in [1.807, 2.05) is 19.2 Å². The number of rotatable bonds is 7. The lowest BCUT2D eigenvalue weighted by Crippen LogP contribution is -2.16. The van der Waals surface area contributed by atoms with Gasteiger partial charge in [-0.3, -0.25) is 0 Å². The maximum atomic E-state index is 13.0. The molecule has 1 aromatic carbocycles. The zero-order valence-corrected chi connectivity index (χ0v) is 10.1. The number of hydrogen-bond acceptors (Lipinski definition) is 2. The van der Waals surface area contributed by atoms with Gasteiger partial charge in [0.2, 0.25) is 0 Å². The van der Waals surface area contributed by atoms with Gasteiger partial charge in [0, 0.05) is 6.54 Å². The van der Waals surface area contributed by atoms with Crippen molar-refractivity contribution in [2.24, 2.45) is 0 Å². The largest absolute Gasteiger partial charge is 0.320 e. The van der Waals surface area contributed by atoms with Crippen molar-refractivity contribution in [3.8, 4) is 0 Å². The summed E-state index contributed by atoms with van der Waals surface area (Å²) in [7, 11) is 1.97. The summed E-state index contributed by atoms with van der Waals surface area (Å²) < 4.78 is 13.0. The van der Waals surface area contributed by atoms with E-state index in [1.165, 1.54) is 18.9 Å². The lowest BCUT2D eigenvalue weighted by molar-refractivity contribution is 0.600. The molecule has 0 unspecified atom stereocenters. The Labute approximate surface area is 97.3 Å². The molecule has 0 bridgehead atoms. The topological polar surface area (TPSA) is 24.1 Å². The van der Waals surface area contributed by atoms with Crippen molar-refractivity contribution >= 4 is 0 Å². The van der Waals surface area contributed by atoms with Crippen molar-refractivity contribution < 1.29 is 4.39 Å². The first kappa shape index (κ1) is 13.1. The summed E-state index contributed by atoms with van der Waals surface area (Å²) in [5.41, 5.74) is 1.86. The maximum Gasteiger partial charge on any atom is 0.126 e. The minimum absolute atomic E-state index is 0.127. The van der Waals surface area contributed by atoms with Crippen molar-refractivity contribution in [2.45, 2.75) is 26.3 Å². The number of halogens is 1. The van der Waals surface area contributed by atoms with Crippen LogP contribution in [0.4, 0.5) is 4.39 Å². The third-order valence-corrected chi connectivity index (χ3v) is 2.58. The summed E-state index contributed by atoms with van der Waals surface area (Å²) in [5, 5.41) is 6.48. The van der Waals surface area contributed by atoms with Crippen molar-refractivity contribution in [1.29, 1.82) is 0 Å². The summed E-state index contributed by atoms with van der Waals surface area (Å²) in [5.74, 6) is -0.127. The van der Waals surface area contributed by atoms with E-state index in [9.17, 15) is 4.39 Å². The monoisotopic (exact) mass is 224 g/mol. The quantitative estimate of drug-likeness (QED) is 0.694. The van der Waals surface area contributed by atoms with E-state index in [-0.39, 0.29) is 5.82 Å². The number of unbranched alkanes of at least 4 members (excludes halogenated alkanes) is 1. The lowest BCUT2D eigenvalue weighted by Gasteiger charge is -2.06. The molecule has 0 saturated heterocycles. The van der Waals surface area contributed by atoms with Crippen LogP contribution < -0.4 is 10.6 Å². The molecular formula is C13H21FN2. The van der Waals surface area contributed by atoms with Crippen LogP contribution in [0.2, 0.25) is 0 Å². The first-order valence-corrected chi connectivity index (χ1v) is 5.84. The van der Waals surface area contributed by atoms with Crippen molar-refractivity contribution in [1.82, 2.24) is 10.6 Å². The van der Waals surface area contributed by atoms with Crippen LogP contribution in [0.15, 0.2) is 18.2 Å². The fourth-order valence-corrected chi connectivity index (χ4v) is 1.60. The Balaban J connectivity index is 2.19. The van der Waals surface area contributed by atoms with Crippen molar-refractivity contribution in [3.05, 3.63) is 35.1 Å². The molecular weight excluding hydrogens is 203 g/mol. The average Bonchev–Trinajstić information content (AvgIpc) is 2.28. The Morgan fingerprint density at radius 1 is 1.19 bits per heavy atom. The average molecular weight is 224 g/mol. The second-order valence-corrected chi connectivity index (χ2v) is 4.07. The van der Waals surface area contributed by atoms with Gasteiger partial charge in [-0.1, -0.05) is 12.1 Å². The van der Waals surface area contributed by atoms with E-state index < -0.39 is 0 Å². The first-order valence-electron chi connectivity index (χ1n) is 5.84. The number of benzene rings is 1. The van der Waals surface area contributed by atoms with Gasteiger partial charge in [-0.2, -0.15) is 0 Å². The van der Waals surface area contributed by atoms with E-state index in [0.717, 1.165) is 30.8 Å². The van der Waals surface area contributed by atoms with Crippen LogP contribution in [0, 0.1) is 12.7 Å². The van der Waals surface area contributed by atoms with E-state index in [4.69, 9.17) is 0 Å². The van der Waals surface area contributed by atoms with Crippen LogP contribution >= 0.6 is 0 Å². The fraction of sp³-hybridized carbons (Fsp3) is 0.538. The van der Waals surface area contributed by atoms with Gasteiger partial charge < -0.3 is 10.6 Å². The van der Waals surface area contributed by atoms with E-state index in [1.54, 1.807) is 6.92 Å². The zero-order chi connectivity index (χ0) is 11.8. The Kier molecular flexibility index (Phi) is 6.04. The molecule has 0 aliphatic heterocycles. The molecule has 0 heterocycles. The van der Waals surface area contributed by atoms with E-state index in [0.29, 0.717) is 0 Å². The van der Waals surface area contributed by atoms with Crippen LogP contribution in [-0.2, 0) is 6.54 Å². The Morgan fingerprint density at radius 3 is 2.62 bits per heavy atom. The molecule has 3 heteroatoms. The fourth-order valence-electron chi connectivity index (χ4n) is 1.60. The van der Waals surface area contributed by atoms with Crippen LogP contribution in [0.5, 0.6) is 0 Å². The van der Waals surface area contributed by atoms with Gasteiger partial charge >= 0.3 is 0 Å². The molecule has 0 atom stereocenters. The highest BCUT2D eigenvalue weighted by Gasteiger charge is 1.98. The normalized spacial score (nSPS) is 10.7. The predicted octanol–water partition coefficient (Wildman–Crippen LogP) is 2.22. The molecule has 90 valence electrons. The molecule has 0 amide bonds. The van der Waals surface area contributed by atoms with Gasteiger partial charge in [-0.05, 0) is 57.1 Å². The molecule has 1 rings (SSSR count). The summed E-state index contributed by atoms with van der Waals surface area (Å²) in [4.78, 5) is 0. The second kappa shape index (κ2) is 7.36. The molecule has 2 nitrogen and oxygen atoms in total. The summed E-state index contributed by atoms with van der Waals surface area (Å²) in [6.07, 6.45) is 2.35. The number of nitrogens with one attached hydrogen (secondary N) is 2. The van der Waals surface area contributed by atoms with Gasteiger partial charge in [0.05, 0.1) is 0 Å². The molecule has 0 aliphatic rings. The predicted molar refractivity (Wildman–Crippen MR) is 66.0 cm³/mol. The summed E-state index contributed by atoms with van der Waals surface area (Å²) in [6.45, 7) is 4.70. The van der Waals surface area contributed by atoms with Gasteiger partial charge in [0.15, 0.2) is 0 Å². The third-order valence-electron chi connectivity index (χ3n) is 2.58. The minimum Gasteiger partial charge on any atom is -0.320 e. The summed E-state index contributed by atoms with van der Waals surface area (Å²) in [6, 6.07) is 5.27. The second-order valence-electron chi connectivity index (χ2n) is 4.07. The smallest absolute Gasteiger partial charge is 0.126 e. The molecule has 0 fully saturated rings. The molecule has 0 spiro atoms. The lowest BCUT2D eigenvalue weighted by atomic mass is 10.1. The van der Waals surface area contributed by atoms with Crippen molar-refractivity contribution in [2.75, 3.05) is 20.1 Å².